The Kier molecular flexibility index (Phi) is 4.58. The first-order valence-corrected chi connectivity index (χ1v) is 8.35. The molecule has 0 N–H and O–H groups in total. The van der Waals surface area contributed by atoms with Gasteiger partial charge in [0.25, 0.3) is 0 Å². The van der Waals surface area contributed by atoms with Gasteiger partial charge in [-0.1, -0.05) is 41.9 Å². The molecule has 0 atom stereocenters. The third-order valence-electron chi connectivity index (χ3n) is 2.84. The number of nitrogens with zero attached hydrogens (tertiary/aromatic N) is 1. The van der Waals surface area contributed by atoms with Crippen molar-refractivity contribution in [2.24, 2.45) is 0 Å². The summed E-state index contributed by atoms with van der Waals surface area (Å²) >= 11 is 11.0. The second-order valence-corrected chi connectivity index (χ2v) is 6.52. The van der Waals surface area contributed by atoms with Crippen LogP contribution in [0.2, 0.25) is 5.02 Å². The molecular weight excluding hydrogens is 370 g/mol. The first-order chi connectivity index (χ1) is 10.2. The van der Waals surface area contributed by atoms with Gasteiger partial charge in [0.2, 0.25) is 0 Å². The standard InChI is InChI=1S/C16H11BrClNOS/c17-14-8-12(18)6-7-15(14)20-9-13-10-21-16(19-13)11-4-2-1-3-5-11/h1-8,10H,9H2. The lowest BCUT2D eigenvalue weighted by atomic mass is 10.2. The number of hydrogen-bond donors (Lipinski definition) is 0. The Labute approximate surface area is 140 Å². The third-order valence-corrected chi connectivity index (χ3v) is 4.64. The zero-order chi connectivity index (χ0) is 14.7. The van der Waals surface area contributed by atoms with Crippen LogP contribution in [0.25, 0.3) is 10.6 Å². The smallest absolute Gasteiger partial charge is 0.134 e. The number of hydrogen-bond acceptors (Lipinski definition) is 3. The Morgan fingerprint density at radius 2 is 1.95 bits per heavy atom. The Morgan fingerprint density at radius 1 is 1.14 bits per heavy atom. The molecule has 0 spiro atoms. The van der Waals surface area contributed by atoms with Crippen molar-refractivity contribution >= 4 is 38.9 Å². The SMILES string of the molecule is Clc1ccc(OCc2csc(-c3ccccc3)n2)c(Br)c1. The van der Waals surface area contributed by atoms with Gasteiger partial charge in [0, 0.05) is 16.0 Å². The highest BCUT2D eigenvalue weighted by Crippen LogP contribution is 2.29. The minimum atomic E-state index is 0.434. The molecule has 106 valence electrons. The van der Waals surface area contributed by atoms with Crippen LogP contribution in [0.4, 0.5) is 0 Å². The number of thiazole rings is 1. The van der Waals surface area contributed by atoms with Crippen LogP contribution in [0.1, 0.15) is 5.69 Å². The van der Waals surface area contributed by atoms with Crippen molar-refractivity contribution in [1.29, 1.82) is 0 Å². The maximum atomic E-state index is 5.91. The lowest BCUT2D eigenvalue weighted by molar-refractivity contribution is 0.300. The van der Waals surface area contributed by atoms with Crippen molar-refractivity contribution in [2.45, 2.75) is 6.61 Å². The van der Waals surface area contributed by atoms with Crippen LogP contribution < -0.4 is 4.74 Å². The molecule has 0 aliphatic carbocycles. The summed E-state index contributed by atoms with van der Waals surface area (Å²) in [5.41, 5.74) is 2.04. The summed E-state index contributed by atoms with van der Waals surface area (Å²) in [6.45, 7) is 0.434. The molecule has 0 radical (unpaired) electrons. The van der Waals surface area contributed by atoms with Crippen molar-refractivity contribution in [3.8, 4) is 16.3 Å². The fraction of sp³-hybridized carbons (Fsp3) is 0.0625. The molecule has 0 aliphatic heterocycles. The second-order valence-electron chi connectivity index (χ2n) is 4.37. The van der Waals surface area contributed by atoms with E-state index in [-0.39, 0.29) is 0 Å². The van der Waals surface area contributed by atoms with Crippen molar-refractivity contribution in [1.82, 2.24) is 4.98 Å². The molecule has 1 heterocycles. The summed E-state index contributed by atoms with van der Waals surface area (Å²) in [7, 11) is 0. The highest BCUT2D eigenvalue weighted by atomic mass is 79.9. The number of benzene rings is 2. The first-order valence-electron chi connectivity index (χ1n) is 6.30. The zero-order valence-electron chi connectivity index (χ0n) is 10.9. The summed E-state index contributed by atoms with van der Waals surface area (Å²) in [4.78, 5) is 4.59. The van der Waals surface area contributed by atoms with Crippen LogP contribution in [0.3, 0.4) is 0 Å². The fourth-order valence-electron chi connectivity index (χ4n) is 1.83. The van der Waals surface area contributed by atoms with Crippen LogP contribution in [0.5, 0.6) is 5.75 Å². The molecule has 0 amide bonds. The first kappa shape index (κ1) is 14.6. The Morgan fingerprint density at radius 3 is 2.71 bits per heavy atom. The quantitative estimate of drug-likeness (QED) is 0.570. The van der Waals surface area contributed by atoms with Crippen LogP contribution in [-0.4, -0.2) is 4.98 Å². The van der Waals surface area contributed by atoms with Gasteiger partial charge in [-0.3, -0.25) is 0 Å². The summed E-state index contributed by atoms with van der Waals surface area (Å²) in [6.07, 6.45) is 0. The number of halogens is 2. The molecule has 2 aromatic carbocycles. The lowest BCUT2D eigenvalue weighted by Crippen LogP contribution is -1.96. The molecule has 21 heavy (non-hydrogen) atoms. The van der Waals surface area contributed by atoms with Crippen LogP contribution >= 0.6 is 38.9 Å². The average molecular weight is 381 g/mol. The highest BCUT2D eigenvalue weighted by molar-refractivity contribution is 9.10. The molecule has 5 heteroatoms. The predicted molar refractivity (Wildman–Crippen MR) is 91.0 cm³/mol. The number of aromatic nitrogens is 1. The molecule has 0 bridgehead atoms. The largest absolute Gasteiger partial charge is 0.486 e. The van der Waals surface area contributed by atoms with E-state index in [1.54, 1.807) is 17.4 Å². The fourth-order valence-corrected chi connectivity index (χ4v) is 3.44. The van der Waals surface area contributed by atoms with Gasteiger partial charge in [-0.25, -0.2) is 4.98 Å². The number of ether oxygens (including phenoxy) is 1. The van der Waals surface area contributed by atoms with E-state index in [2.05, 4.69) is 33.0 Å². The van der Waals surface area contributed by atoms with E-state index < -0.39 is 0 Å². The van der Waals surface area contributed by atoms with Crippen molar-refractivity contribution in [2.75, 3.05) is 0 Å². The summed E-state index contributed by atoms with van der Waals surface area (Å²) in [6, 6.07) is 15.6. The molecule has 0 unspecified atom stereocenters. The highest BCUT2D eigenvalue weighted by Gasteiger charge is 2.07. The monoisotopic (exact) mass is 379 g/mol. The van der Waals surface area contributed by atoms with Crippen LogP contribution in [0.15, 0.2) is 58.4 Å². The van der Waals surface area contributed by atoms with Gasteiger partial charge in [0.1, 0.15) is 17.4 Å². The normalized spacial score (nSPS) is 10.6. The van der Waals surface area contributed by atoms with Gasteiger partial charge < -0.3 is 4.74 Å². The molecule has 0 saturated carbocycles. The van der Waals surface area contributed by atoms with Gasteiger partial charge in [-0.2, -0.15) is 0 Å². The number of rotatable bonds is 4. The molecule has 3 rings (SSSR count). The van der Waals surface area contributed by atoms with Gasteiger partial charge >= 0.3 is 0 Å². The predicted octanol–water partition coefficient (Wildman–Crippen LogP) is 5.81. The van der Waals surface area contributed by atoms with Gasteiger partial charge in [0.05, 0.1) is 10.2 Å². The van der Waals surface area contributed by atoms with Crippen molar-refractivity contribution in [3.63, 3.8) is 0 Å². The zero-order valence-corrected chi connectivity index (χ0v) is 14.1. The van der Waals surface area contributed by atoms with Crippen molar-refractivity contribution < 1.29 is 4.74 Å². The molecule has 1 aromatic heterocycles. The summed E-state index contributed by atoms with van der Waals surface area (Å²) in [5, 5.41) is 3.70. The Balaban J connectivity index is 1.70. The minimum Gasteiger partial charge on any atom is -0.486 e. The molecule has 0 saturated heterocycles. The Bertz CT molecular complexity index is 745. The molecule has 0 aliphatic rings. The lowest BCUT2D eigenvalue weighted by Gasteiger charge is -2.06. The second kappa shape index (κ2) is 6.60. The van der Waals surface area contributed by atoms with Gasteiger partial charge in [0.15, 0.2) is 0 Å². The maximum Gasteiger partial charge on any atom is 0.134 e. The van der Waals surface area contributed by atoms with E-state index in [4.69, 9.17) is 16.3 Å². The molecule has 3 aromatic rings. The average Bonchev–Trinajstić information content (AvgIpc) is 2.96. The van der Waals surface area contributed by atoms with Crippen LogP contribution in [-0.2, 0) is 6.61 Å². The molecule has 0 fully saturated rings. The van der Waals surface area contributed by atoms with Crippen LogP contribution in [0, 0.1) is 0 Å². The minimum absolute atomic E-state index is 0.434. The molecular formula is C16H11BrClNOS. The summed E-state index contributed by atoms with van der Waals surface area (Å²) in [5.74, 6) is 0.758. The molecule has 2 nitrogen and oxygen atoms in total. The maximum absolute atomic E-state index is 5.91. The topological polar surface area (TPSA) is 22.1 Å². The van der Waals surface area contributed by atoms with Gasteiger partial charge in [-0.05, 0) is 34.1 Å². The van der Waals surface area contributed by atoms with E-state index in [1.165, 1.54) is 0 Å². The summed E-state index contributed by atoms with van der Waals surface area (Å²) < 4.78 is 6.61. The van der Waals surface area contributed by atoms with E-state index in [9.17, 15) is 0 Å². The van der Waals surface area contributed by atoms with E-state index in [1.807, 2.05) is 35.7 Å². The van der Waals surface area contributed by atoms with E-state index in [0.29, 0.717) is 11.6 Å². The third kappa shape index (κ3) is 3.64. The van der Waals surface area contributed by atoms with E-state index in [0.717, 1.165) is 26.5 Å². The van der Waals surface area contributed by atoms with Crippen molar-refractivity contribution in [3.05, 3.63) is 69.1 Å². The van der Waals surface area contributed by atoms with Gasteiger partial charge in [-0.15, -0.1) is 11.3 Å². The Hall–Kier alpha value is -1.36. The van der Waals surface area contributed by atoms with E-state index >= 15 is 0 Å².